The van der Waals surface area contributed by atoms with Gasteiger partial charge < -0.3 is 9.80 Å². The van der Waals surface area contributed by atoms with Crippen molar-refractivity contribution in [2.75, 3.05) is 24.5 Å². The third kappa shape index (κ3) is 4.21. The SMILES string of the molecule is Cc1ccc(N2CCN(C(=O)Cc3ccc(C(C)C)cc3)[C@H](C)C2)nn1. The normalized spacial score (nSPS) is 17.7. The van der Waals surface area contributed by atoms with Gasteiger partial charge in [0.05, 0.1) is 12.1 Å². The molecule has 2 aromatic rings. The molecular weight excluding hydrogens is 324 g/mol. The average molecular weight is 352 g/mol. The number of hydrogen-bond donors (Lipinski definition) is 0. The highest BCUT2D eigenvalue weighted by molar-refractivity contribution is 5.79. The van der Waals surface area contributed by atoms with E-state index in [0.29, 0.717) is 12.3 Å². The van der Waals surface area contributed by atoms with Crippen molar-refractivity contribution in [3.05, 3.63) is 53.2 Å². The Labute approximate surface area is 156 Å². The van der Waals surface area contributed by atoms with Gasteiger partial charge in [0.1, 0.15) is 0 Å². The molecule has 1 aliphatic heterocycles. The zero-order valence-corrected chi connectivity index (χ0v) is 16.1. The summed E-state index contributed by atoms with van der Waals surface area (Å²) in [4.78, 5) is 17.0. The summed E-state index contributed by atoms with van der Waals surface area (Å²) in [6.07, 6.45) is 0.465. The fraction of sp³-hybridized carbons (Fsp3) is 0.476. The molecule has 0 radical (unpaired) electrons. The van der Waals surface area contributed by atoms with Crippen LogP contribution in [-0.4, -0.2) is 46.7 Å². The van der Waals surface area contributed by atoms with Gasteiger partial charge in [-0.05, 0) is 43.0 Å². The maximum Gasteiger partial charge on any atom is 0.227 e. The van der Waals surface area contributed by atoms with Gasteiger partial charge in [-0.25, -0.2) is 0 Å². The Balaban J connectivity index is 1.60. The van der Waals surface area contributed by atoms with E-state index in [9.17, 15) is 4.79 Å². The third-order valence-corrected chi connectivity index (χ3v) is 5.06. The van der Waals surface area contributed by atoms with Crippen LogP contribution in [0.15, 0.2) is 36.4 Å². The molecule has 0 saturated carbocycles. The highest BCUT2D eigenvalue weighted by Crippen LogP contribution is 2.19. The van der Waals surface area contributed by atoms with Gasteiger partial charge >= 0.3 is 0 Å². The molecule has 1 fully saturated rings. The number of nitrogens with zero attached hydrogens (tertiary/aromatic N) is 4. The average Bonchev–Trinajstić information content (AvgIpc) is 2.62. The van der Waals surface area contributed by atoms with Gasteiger partial charge in [0.2, 0.25) is 5.91 Å². The molecule has 1 amide bonds. The molecule has 0 bridgehead atoms. The molecule has 0 spiro atoms. The van der Waals surface area contributed by atoms with Crippen LogP contribution in [0.25, 0.3) is 0 Å². The predicted octanol–water partition coefficient (Wildman–Crippen LogP) is 3.19. The summed E-state index contributed by atoms with van der Waals surface area (Å²) in [6.45, 7) is 10.7. The number of hydrogen-bond acceptors (Lipinski definition) is 4. The van der Waals surface area contributed by atoms with Crippen molar-refractivity contribution >= 4 is 11.7 Å². The molecule has 2 heterocycles. The molecule has 1 aromatic carbocycles. The summed E-state index contributed by atoms with van der Waals surface area (Å²) in [6, 6.07) is 12.6. The first-order valence-corrected chi connectivity index (χ1v) is 9.37. The van der Waals surface area contributed by atoms with E-state index in [-0.39, 0.29) is 11.9 Å². The summed E-state index contributed by atoms with van der Waals surface area (Å²) in [5.74, 6) is 1.60. The molecule has 1 saturated heterocycles. The number of aromatic nitrogens is 2. The van der Waals surface area contributed by atoms with Gasteiger partial charge in [0.15, 0.2) is 5.82 Å². The monoisotopic (exact) mass is 352 g/mol. The Morgan fingerprint density at radius 1 is 1.12 bits per heavy atom. The van der Waals surface area contributed by atoms with E-state index in [4.69, 9.17) is 0 Å². The Morgan fingerprint density at radius 2 is 1.85 bits per heavy atom. The van der Waals surface area contributed by atoms with Gasteiger partial charge in [-0.2, -0.15) is 5.10 Å². The van der Waals surface area contributed by atoms with Gasteiger partial charge in [-0.3, -0.25) is 4.79 Å². The molecule has 0 N–H and O–H groups in total. The van der Waals surface area contributed by atoms with Gasteiger partial charge in [-0.15, -0.1) is 5.10 Å². The van der Waals surface area contributed by atoms with Crippen LogP contribution in [0, 0.1) is 6.92 Å². The maximum atomic E-state index is 12.8. The van der Waals surface area contributed by atoms with E-state index in [1.54, 1.807) is 0 Å². The van der Waals surface area contributed by atoms with Crippen molar-refractivity contribution in [1.82, 2.24) is 15.1 Å². The minimum atomic E-state index is 0.161. The summed E-state index contributed by atoms with van der Waals surface area (Å²) >= 11 is 0. The Hall–Kier alpha value is -2.43. The van der Waals surface area contributed by atoms with E-state index in [1.807, 2.05) is 24.0 Å². The van der Waals surface area contributed by atoms with Gasteiger partial charge in [-0.1, -0.05) is 38.1 Å². The van der Waals surface area contributed by atoms with Crippen LogP contribution in [0.1, 0.15) is 43.5 Å². The summed E-state index contributed by atoms with van der Waals surface area (Å²) in [5.41, 5.74) is 3.31. The molecule has 1 aliphatic rings. The lowest BCUT2D eigenvalue weighted by Gasteiger charge is -2.40. The second-order valence-electron chi connectivity index (χ2n) is 7.49. The van der Waals surface area contributed by atoms with E-state index in [1.165, 1.54) is 5.56 Å². The lowest BCUT2D eigenvalue weighted by Crippen LogP contribution is -2.54. The second-order valence-corrected chi connectivity index (χ2v) is 7.49. The molecule has 1 atom stereocenters. The zero-order chi connectivity index (χ0) is 18.7. The van der Waals surface area contributed by atoms with Crippen molar-refractivity contribution in [3.8, 4) is 0 Å². The standard InChI is InChI=1S/C21H28N4O/c1-15(2)19-8-6-18(7-9-19)13-21(26)25-12-11-24(14-17(25)4)20-10-5-16(3)22-23-20/h5-10,15,17H,11-14H2,1-4H3/t17-/m1/s1. The largest absolute Gasteiger partial charge is 0.351 e. The lowest BCUT2D eigenvalue weighted by atomic mass is 10.0. The van der Waals surface area contributed by atoms with Crippen LogP contribution in [0.4, 0.5) is 5.82 Å². The number of carbonyl (C=O) groups is 1. The highest BCUT2D eigenvalue weighted by Gasteiger charge is 2.28. The molecule has 5 nitrogen and oxygen atoms in total. The lowest BCUT2D eigenvalue weighted by molar-refractivity contribution is -0.132. The van der Waals surface area contributed by atoms with E-state index in [2.05, 4.69) is 60.1 Å². The highest BCUT2D eigenvalue weighted by atomic mass is 16.2. The van der Waals surface area contributed by atoms with Crippen molar-refractivity contribution in [1.29, 1.82) is 0 Å². The van der Waals surface area contributed by atoms with Crippen molar-refractivity contribution in [2.24, 2.45) is 0 Å². The number of anilines is 1. The van der Waals surface area contributed by atoms with E-state index >= 15 is 0 Å². The topological polar surface area (TPSA) is 49.3 Å². The van der Waals surface area contributed by atoms with Crippen LogP contribution in [0.3, 0.4) is 0 Å². The smallest absolute Gasteiger partial charge is 0.227 e. The summed E-state index contributed by atoms with van der Waals surface area (Å²) in [7, 11) is 0. The van der Waals surface area contributed by atoms with Crippen molar-refractivity contribution in [2.45, 2.75) is 46.1 Å². The fourth-order valence-corrected chi connectivity index (χ4v) is 3.39. The molecule has 26 heavy (non-hydrogen) atoms. The molecule has 0 aliphatic carbocycles. The van der Waals surface area contributed by atoms with Crippen LogP contribution >= 0.6 is 0 Å². The Kier molecular flexibility index (Phi) is 5.55. The number of benzene rings is 1. The van der Waals surface area contributed by atoms with E-state index in [0.717, 1.165) is 36.7 Å². The molecular formula is C21H28N4O. The summed E-state index contributed by atoms with van der Waals surface area (Å²) in [5, 5.41) is 8.41. The predicted molar refractivity (Wildman–Crippen MR) is 104 cm³/mol. The quantitative estimate of drug-likeness (QED) is 0.848. The number of rotatable bonds is 4. The number of carbonyl (C=O) groups excluding carboxylic acids is 1. The summed E-state index contributed by atoms with van der Waals surface area (Å²) < 4.78 is 0. The third-order valence-electron chi connectivity index (χ3n) is 5.06. The molecule has 3 rings (SSSR count). The van der Waals surface area contributed by atoms with Crippen LogP contribution in [0.5, 0.6) is 0 Å². The molecule has 0 unspecified atom stereocenters. The Bertz CT molecular complexity index is 740. The van der Waals surface area contributed by atoms with Crippen LogP contribution < -0.4 is 4.90 Å². The maximum absolute atomic E-state index is 12.8. The van der Waals surface area contributed by atoms with Crippen molar-refractivity contribution < 1.29 is 4.79 Å². The van der Waals surface area contributed by atoms with Crippen molar-refractivity contribution in [3.63, 3.8) is 0 Å². The van der Waals surface area contributed by atoms with Crippen LogP contribution in [0.2, 0.25) is 0 Å². The second kappa shape index (κ2) is 7.85. The van der Waals surface area contributed by atoms with Crippen LogP contribution in [-0.2, 0) is 11.2 Å². The number of piperazine rings is 1. The minimum Gasteiger partial charge on any atom is -0.351 e. The number of aryl methyl sites for hydroxylation is 1. The first kappa shape index (κ1) is 18.4. The first-order chi connectivity index (χ1) is 12.4. The molecule has 1 aromatic heterocycles. The number of amides is 1. The zero-order valence-electron chi connectivity index (χ0n) is 16.1. The van der Waals surface area contributed by atoms with Gasteiger partial charge in [0, 0.05) is 25.7 Å². The fourth-order valence-electron chi connectivity index (χ4n) is 3.39. The van der Waals surface area contributed by atoms with Gasteiger partial charge in [0.25, 0.3) is 0 Å². The molecule has 5 heteroatoms. The Morgan fingerprint density at radius 3 is 2.42 bits per heavy atom. The molecule has 138 valence electrons. The van der Waals surface area contributed by atoms with E-state index < -0.39 is 0 Å². The minimum absolute atomic E-state index is 0.161. The first-order valence-electron chi connectivity index (χ1n) is 9.37.